The third-order valence-electron chi connectivity index (χ3n) is 2.52. The van der Waals surface area contributed by atoms with Gasteiger partial charge in [-0.05, 0) is 19.1 Å². The number of likely N-dealkylation sites (N-methyl/N-ethyl adjacent to an activating group) is 2. The van der Waals surface area contributed by atoms with Crippen molar-refractivity contribution in [3.05, 3.63) is 29.6 Å². The second-order valence-electron chi connectivity index (χ2n) is 3.94. The Morgan fingerprint density at radius 2 is 2.15 bits per heavy atom. The summed E-state index contributed by atoms with van der Waals surface area (Å²) >= 11 is 0. The molecule has 0 aliphatic heterocycles. The molecule has 1 rings (SSSR count). The molecule has 20 heavy (non-hydrogen) atoms. The Kier molecular flexibility index (Phi) is 5.19. The summed E-state index contributed by atoms with van der Waals surface area (Å²) in [6.45, 7) is 1.67. The molecule has 8 heteroatoms. The van der Waals surface area contributed by atoms with Gasteiger partial charge in [0.1, 0.15) is 22.3 Å². The molecule has 0 bridgehead atoms. The van der Waals surface area contributed by atoms with Crippen molar-refractivity contribution < 1.29 is 17.6 Å². The molecular formula is C12H14FN3O3S. The number of halogens is 1. The molecule has 1 aromatic rings. The van der Waals surface area contributed by atoms with E-state index < -0.39 is 38.8 Å². The van der Waals surface area contributed by atoms with Gasteiger partial charge < -0.3 is 5.32 Å². The lowest BCUT2D eigenvalue weighted by molar-refractivity contribution is -0.121. The number of amides is 1. The van der Waals surface area contributed by atoms with E-state index in [1.807, 2.05) is 0 Å². The maximum atomic E-state index is 13.4. The molecule has 0 aromatic heterocycles. The van der Waals surface area contributed by atoms with Crippen LogP contribution < -0.4 is 5.32 Å². The summed E-state index contributed by atoms with van der Waals surface area (Å²) < 4.78 is 38.7. The Bertz CT molecular complexity index is 652. The van der Waals surface area contributed by atoms with E-state index in [0.717, 1.165) is 16.4 Å². The van der Waals surface area contributed by atoms with E-state index >= 15 is 0 Å². The first-order valence-electron chi connectivity index (χ1n) is 5.76. The highest BCUT2D eigenvalue weighted by Crippen LogP contribution is 2.20. The first-order valence-corrected chi connectivity index (χ1v) is 7.20. The quantitative estimate of drug-likeness (QED) is 0.855. The van der Waals surface area contributed by atoms with Gasteiger partial charge in [0.2, 0.25) is 15.9 Å². The van der Waals surface area contributed by atoms with Crippen LogP contribution in [0.25, 0.3) is 0 Å². The first-order chi connectivity index (χ1) is 9.34. The maximum absolute atomic E-state index is 13.4. The number of hydrogen-bond acceptors (Lipinski definition) is 4. The summed E-state index contributed by atoms with van der Waals surface area (Å²) in [6.07, 6.45) is 0. The lowest BCUT2D eigenvalue weighted by atomic mass is 10.2. The van der Waals surface area contributed by atoms with E-state index in [1.165, 1.54) is 19.2 Å². The number of hydrogen-bond donors (Lipinski definition) is 1. The van der Waals surface area contributed by atoms with Crippen LogP contribution in [-0.4, -0.2) is 38.8 Å². The fourth-order valence-corrected chi connectivity index (χ4v) is 2.81. The molecule has 0 saturated heterocycles. The Morgan fingerprint density at radius 1 is 1.50 bits per heavy atom. The van der Waals surface area contributed by atoms with Gasteiger partial charge in [0.05, 0.1) is 6.54 Å². The monoisotopic (exact) mass is 299 g/mol. The van der Waals surface area contributed by atoms with Crippen LogP contribution in [0.2, 0.25) is 0 Å². The van der Waals surface area contributed by atoms with Crippen LogP contribution >= 0.6 is 0 Å². The number of nitrogens with one attached hydrogen (secondary N) is 1. The summed E-state index contributed by atoms with van der Waals surface area (Å²) in [7, 11) is -2.92. The van der Waals surface area contributed by atoms with Gasteiger partial charge in [0, 0.05) is 13.6 Å². The summed E-state index contributed by atoms with van der Waals surface area (Å²) in [5.74, 6) is -1.39. The number of carbonyl (C=O) groups is 1. The molecular weight excluding hydrogens is 285 g/mol. The van der Waals surface area contributed by atoms with Gasteiger partial charge in [-0.1, -0.05) is 6.07 Å². The molecule has 1 amide bonds. The summed E-state index contributed by atoms with van der Waals surface area (Å²) in [5.41, 5.74) is -0.560. The average molecular weight is 299 g/mol. The Balaban J connectivity index is 3.15. The molecule has 1 N–H and O–H groups in total. The predicted octanol–water partition coefficient (Wildman–Crippen LogP) is 0.454. The number of nitriles is 1. The molecule has 0 atom stereocenters. The molecule has 0 spiro atoms. The molecule has 0 radical (unpaired) electrons. The van der Waals surface area contributed by atoms with Crippen LogP contribution in [0.3, 0.4) is 0 Å². The van der Waals surface area contributed by atoms with E-state index in [9.17, 15) is 17.6 Å². The number of carbonyl (C=O) groups excluding carboxylic acids is 1. The maximum Gasteiger partial charge on any atom is 0.244 e. The molecule has 0 unspecified atom stereocenters. The molecule has 6 nitrogen and oxygen atoms in total. The minimum absolute atomic E-state index is 0.371. The number of sulfonamides is 1. The lowest BCUT2D eigenvalue weighted by Crippen LogP contribution is -2.38. The van der Waals surface area contributed by atoms with Gasteiger partial charge in [0.15, 0.2) is 0 Å². The van der Waals surface area contributed by atoms with Gasteiger partial charge in [-0.25, -0.2) is 12.8 Å². The van der Waals surface area contributed by atoms with Crippen LogP contribution in [-0.2, 0) is 14.8 Å². The summed E-state index contributed by atoms with van der Waals surface area (Å²) in [5, 5.41) is 11.3. The standard InChI is InChI=1S/C12H14FN3O3S/c1-3-15-12(17)8-16(2)20(18,19)11-6-4-5-10(13)9(11)7-14/h4-6H,3,8H2,1-2H3,(H,15,17). The Morgan fingerprint density at radius 3 is 2.70 bits per heavy atom. The van der Waals surface area contributed by atoms with Crippen molar-refractivity contribution in [2.75, 3.05) is 20.1 Å². The predicted molar refractivity (Wildman–Crippen MR) is 69.6 cm³/mol. The highest BCUT2D eigenvalue weighted by atomic mass is 32.2. The van der Waals surface area contributed by atoms with E-state index in [4.69, 9.17) is 5.26 Å². The zero-order valence-electron chi connectivity index (χ0n) is 11.1. The first kappa shape index (κ1) is 16.1. The lowest BCUT2D eigenvalue weighted by Gasteiger charge is -2.17. The van der Waals surface area contributed by atoms with Crippen molar-refractivity contribution in [1.82, 2.24) is 9.62 Å². The number of rotatable bonds is 5. The summed E-state index contributed by atoms with van der Waals surface area (Å²) in [4.78, 5) is 10.9. The fraction of sp³-hybridized carbons (Fsp3) is 0.333. The molecule has 0 saturated carbocycles. The second-order valence-corrected chi connectivity index (χ2v) is 5.95. The average Bonchev–Trinajstić information content (AvgIpc) is 2.38. The van der Waals surface area contributed by atoms with Gasteiger partial charge in [-0.15, -0.1) is 0 Å². The third-order valence-corrected chi connectivity index (χ3v) is 4.36. The van der Waals surface area contributed by atoms with E-state index in [2.05, 4.69) is 5.32 Å². The van der Waals surface area contributed by atoms with Crippen LogP contribution in [0.15, 0.2) is 23.1 Å². The van der Waals surface area contributed by atoms with Crippen LogP contribution in [0.5, 0.6) is 0 Å². The molecule has 0 fully saturated rings. The zero-order chi connectivity index (χ0) is 15.3. The highest BCUT2D eigenvalue weighted by molar-refractivity contribution is 7.89. The van der Waals surface area contributed by atoms with Crippen LogP contribution in [0.4, 0.5) is 4.39 Å². The van der Waals surface area contributed by atoms with E-state index in [1.54, 1.807) is 6.92 Å². The topological polar surface area (TPSA) is 90.3 Å². The van der Waals surface area contributed by atoms with Crippen molar-refractivity contribution in [1.29, 1.82) is 5.26 Å². The molecule has 0 aliphatic rings. The third kappa shape index (κ3) is 3.31. The smallest absolute Gasteiger partial charge is 0.244 e. The van der Waals surface area contributed by atoms with Crippen molar-refractivity contribution in [2.45, 2.75) is 11.8 Å². The highest BCUT2D eigenvalue weighted by Gasteiger charge is 2.27. The fourth-order valence-electron chi connectivity index (χ4n) is 1.54. The summed E-state index contributed by atoms with van der Waals surface area (Å²) in [6, 6.07) is 4.85. The molecule has 0 aliphatic carbocycles. The minimum atomic E-state index is -4.11. The van der Waals surface area contributed by atoms with Crippen molar-refractivity contribution in [2.24, 2.45) is 0 Å². The van der Waals surface area contributed by atoms with Gasteiger partial charge in [-0.3, -0.25) is 4.79 Å². The molecule has 1 aromatic carbocycles. The SMILES string of the molecule is CCNC(=O)CN(C)S(=O)(=O)c1cccc(F)c1C#N. The van der Waals surface area contributed by atoms with E-state index in [-0.39, 0.29) is 0 Å². The molecule has 108 valence electrons. The van der Waals surface area contributed by atoms with E-state index in [0.29, 0.717) is 6.54 Å². The second kappa shape index (κ2) is 6.45. The number of nitrogens with zero attached hydrogens (tertiary/aromatic N) is 2. The van der Waals surface area contributed by atoms with Crippen molar-refractivity contribution in [3.63, 3.8) is 0 Å². The van der Waals surface area contributed by atoms with Crippen molar-refractivity contribution in [3.8, 4) is 6.07 Å². The van der Waals surface area contributed by atoms with Gasteiger partial charge >= 0.3 is 0 Å². The van der Waals surface area contributed by atoms with Gasteiger partial charge in [0.25, 0.3) is 0 Å². The number of benzene rings is 1. The largest absolute Gasteiger partial charge is 0.355 e. The Labute approximate surface area is 116 Å². The van der Waals surface area contributed by atoms with Crippen LogP contribution in [0, 0.1) is 17.1 Å². The molecule has 0 heterocycles. The Hall–Kier alpha value is -1.98. The van der Waals surface area contributed by atoms with Crippen molar-refractivity contribution >= 4 is 15.9 Å². The van der Waals surface area contributed by atoms with Crippen LogP contribution in [0.1, 0.15) is 12.5 Å². The zero-order valence-corrected chi connectivity index (χ0v) is 11.9. The minimum Gasteiger partial charge on any atom is -0.355 e. The van der Waals surface area contributed by atoms with Gasteiger partial charge in [-0.2, -0.15) is 9.57 Å². The normalized spacial score (nSPS) is 11.2.